The van der Waals surface area contributed by atoms with Gasteiger partial charge < -0.3 is 0 Å². The summed E-state index contributed by atoms with van der Waals surface area (Å²) >= 11 is 1.26. The van der Waals surface area contributed by atoms with Crippen molar-refractivity contribution >= 4 is 29.4 Å². The Morgan fingerprint density at radius 1 is 1.10 bits per heavy atom. The maximum absolute atomic E-state index is 12.5. The predicted octanol–water partition coefficient (Wildman–Crippen LogP) is 3.53. The average molecular weight is 420 g/mol. The molecule has 0 fully saturated rings. The number of aryl methyl sites for hydroxylation is 2. The molecule has 0 radical (unpaired) electrons. The lowest BCUT2D eigenvalue weighted by atomic mass is 9.82. The second-order valence-corrected chi connectivity index (χ2v) is 8.21. The molecule has 1 N–H and O–H groups in total. The van der Waals surface area contributed by atoms with Crippen molar-refractivity contribution in [2.24, 2.45) is 0 Å². The van der Waals surface area contributed by atoms with Crippen LogP contribution < -0.4 is 5.32 Å². The summed E-state index contributed by atoms with van der Waals surface area (Å²) in [4.78, 5) is 42.1. The minimum absolute atomic E-state index is 0.0329. The molecular weight excluding hydrogens is 398 g/mol. The number of carbonyl (C=O) groups is 2. The molecule has 1 aliphatic carbocycles. The first-order valence-electron chi connectivity index (χ1n) is 9.67. The third-order valence-corrected chi connectivity index (χ3v) is 5.70. The third-order valence-electron chi connectivity index (χ3n) is 4.86. The molecule has 1 atom stereocenters. The lowest BCUT2D eigenvalue weighted by molar-refractivity contribution is -0.113. The SMILES string of the molecule is Cc1cc(C)nc(SCC(=O)Nc2ncc3c(n2)C[C@@H](c2ccccc2)CC3=O)n1. The lowest BCUT2D eigenvalue weighted by Crippen LogP contribution is -2.23. The van der Waals surface area contributed by atoms with Crippen LogP contribution in [-0.4, -0.2) is 37.4 Å². The van der Waals surface area contributed by atoms with E-state index >= 15 is 0 Å². The molecule has 1 amide bonds. The number of fused-ring (bicyclic) bond motifs is 1. The normalized spacial score (nSPS) is 15.5. The van der Waals surface area contributed by atoms with E-state index in [9.17, 15) is 9.59 Å². The number of anilines is 1. The largest absolute Gasteiger partial charge is 0.294 e. The van der Waals surface area contributed by atoms with Crippen molar-refractivity contribution in [2.45, 2.75) is 37.8 Å². The summed E-state index contributed by atoms with van der Waals surface area (Å²) in [6.07, 6.45) is 2.60. The zero-order chi connectivity index (χ0) is 21.1. The number of ketones is 1. The highest BCUT2D eigenvalue weighted by Crippen LogP contribution is 2.31. The number of rotatable bonds is 5. The van der Waals surface area contributed by atoms with E-state index in [1.54, 1.807) is 0 Å². The van der Waals surface area contributed by atoms with Gasteiger partial charge in [0, 0.05) is 24.0 Å². The van der Waals surface area contributed by atoms with Gasteiger partial charge in [-0.2, -0.15) is 0 Å². The van der Waals surface area contributed by atoms with Crippen molar-refractivity contribution in [3.8, 4) is 0 Å². The van der Waals surface area contributed by atoms with Gasteiger partial charge in [-0.05, 0) is 37.8 Å². The van der Waals surface area contributed by atoms with Gasteiger partial charge in [-0.25, -0.2) is 19.9 Å². The highest BCUT2D eigenvalue weighted by molar-refractivity contribution is 7.99. The minimum atomic E-state index is -0.246. The second-order valence-electron chi connectivity index (χ2n) is 7.26. The number of benzene rings is 1. The smallest absolute Gasteiger partial charge is 0.237 e. The lowest BCUT2D eigenvalue weighted by Gasteiger charge is -2.23. The Bertz CT molecular complexity index is 1080. The Balaban J connectivity index is 1.43. The van der Waals surface area contributed by atoms with Crippen molar-refractivity contribution < 1.29 is 9.59 Å². The number of carbonyl (C=O) groups excluding carboxylic acids is 2. The van der Waals surface area contributed by atoms with Gasteiger partial charge in [-0.3, -0.25) is 14.9 Å². The van der Waals surface area contributed by atoms with Gasteiger partial charge in [-0.1, -0.05) is 42.1 Å². The maximum Gasteiger partial charge on any atom is 0.237 e. The maximum atomic E-state index is 12.5. The van der Waals surface area contributed by atoms with Crippen LogP contribution in [0.3, 0.4) is 0 Å². The number of hydrogen-bond acceptors (Lipinski definition) is 7. The number of nitrogens with one attached hydrogen (secondary N) is 1. The summed E-state index contributed by atoms with van der Waals surface area (Å²) < 4.78 is 0. The topological polar surface area (TPSA) is 97.7 Å². The van der Waals surface area contributed by atoms with Crippen LogP contribution >= 0.6 is 11.8 Å². The van der Waals surface area contributed by atoms with Crippen LogP contribution in [0.2, 0.25) is 0 Å². The van der Waals surface area contributed by atoms with Crippen LogP contribution in [0, 0.1) is 13.8 Å². The molecule has 2 aromatic heterocycles. The van der Waals surface area contributed by atoms with E-state index < -0.39 is 0 Å². The minimum Gasteiger partial charge on any atom is -0.294 e. The van der Waals surface area contributed by atoms with Crippen LogP contribution in [0.4, 0.5) is 5.95 Å². The first kappa shape index (κ1) is 20.2. The molecule has 1 aliphatic rings. The zero-order valence-corrected chi connectivity index (χ0v) is 17.6. The van der Waals surface area contributed by atoms with E-state index in [0.717, 1.165) is 17.0 Å². The molecule has 4 rings (SSSR count). The Morgan fingerprint density at radius 2 is 1.83 bits per heavy atom. The van der Waals surface area contributed by atoms with Crippen LogP contribution in [0.15, 0.2) is 47.8 Å². The molecule has 7 nitrogen and oxygen atoms in total. The summed E-state index contributed by atoms with van der Waals surface area (Å²) in [5, 5.41) is 3.27. The van der Waals surface area contributed by atoms with Crippen molar-refractivity contribution in [2.75, 3.05) is 11.1 Å². The summed E-state index contributed by atoms with van der Waals surface area (Å²) in [5.74, 6) is 0.230. The summed E-state index contributed by atoms with van der Waals surface area (Å²) in [7, 11) is 0. The van der Waals surface area contributed by atoms with Gasteiger partial charge in [-0.15, -0.1) is 0 Å². The van der Waals surface area contributed by atoms with Crippen LogP contribution in [0.1, 0.15) is 45.3 Å². The quantitative estimate of drug-likeness (QED) is 0.499. The van der Waals surface area contributed by atoms with Gasteiger partial charge in [0.05, 0.1) is 17.0 Å². The summed E-state index contributed by atoms with van der Waals surface area (Å²) in [6.45, 7) is 3.79. The number of thioether (sulfide) groups is 1. The standard InChI is InChI=1S/C22H21N5O2S/c1-13-8-14(2)25-22(24-13)30-12-20(29)27-21-23-11-17-18(26-21)9-16(10-19(17)28)15-6-4-3-5-7-15/h3-8,11,16H,9-10,12H2,1-2H3,(H,23,26,27,29)/t16-/m1/s1. The average Bonchev–Trinajstić information content (AvgIpc) is 2.72. The molecule has 2 heterocycles. The van der Waals surface area contributed by atoms with Crippen LogP contribution in [-0.2, 0) is 11.2 Å². The first-order chi connectivity index (χ1) is 14.5. The second kappa shape index (κ2) is 8.71. The van der Waals surface area contributed by atoms with Crippen LogP contribution in [0.5, 0.6) is 0 Å². The first-order valence-corrected chi connectivity index (χ1v) is 10.7. The van der Waals surface area contributed by atoms with E-state index in [1.165, 1.54) is 18.0 Å². The molecular formula is C22H21N5O2S. The molecule has 0 saturated heterocycles. The van der Waals surface area contributed by atoms with Crippen molar-refractivity contribution in [3.05, 3.63) is 70.8 Å². The van der Waals surface area contributed by atoms with E-state index in [-0.39, 0.29) is 29.3 Å². The third kappa shape index (κ3) is 4.71. The van der Waals surface area contributed by atoms with Crippen molar-refractivity contribution in [1.29, 1.82) is 0 Å². The van der Waals surface area contributed by atoms with Gasteiger partial charge in [0.25, 0.3) is 0 Å². The molecule has 0 spiro atoms. The van der Waals surface area contributed by atoms with E-state index in [4.69, 9.17) is 0 Å². The molecule has 0 aliphatic heterocycles. The fourth-order valence-corrected chi connectivity index (χ4v) is 4.26. The number of nitrogens with zero attached hydrogens (tertiary/aromatic N) is 4. The number of aromatic nitrogens is 4. The molecule has 3 aromatic rings. The predicted molar refractivity (Wildman–Crippen MR) is 115 cm³/mol. The highest BCUT2D eigenvalue weighted by atomic mass is 32.2. The Kier molecular flexibility index (Phi) is 5.85. The molecule has 0 unspecified atom stereocenters. The van der Waals surface area contributed by atoms with E-state index in [2.05, 4.69) is 25.3 Å². The van der Waals surface area contributed by atoms with Crippen molar-refractivity contribution in [3.63, 3.8) is 0 Å². The van der Waals surface area contributed by atoms with Gasteiger partial charge >= 0.3 is 0 Å². The molecule has 30 heavy (non-hydrogen) atoms. The molecule has 0 saturated carbocycles. The molecule has 8 heteroatoms. The Hall–Kier alpha value is -3.13. The fraction of sp³-hybridized carbons (Fsp3) is 0.273. The highest BCUT2D eigenvalue weighted by Gasteiger charge is 2.28. The Labute approximate surface area is 178 Å². The summed E-state index contributed by atoms with van der Waals surface area (Å²) in [6, 6.07) is 11.8. The Morgan fingerprint density at radius 3 is 2.57 bits per heavy atom. The molecule has 152 valence electrons. The molecule has 1 aromatic carbocycles. The van der Waals surface area contributed by atoms with E-state index in [0.29, 0.717) is 29.3 Å². The summed E-state index contributed by atoms with van der Waals surface area (Å²) in [5.41, 5.74) is 4.06. The van der Waals surface area contributed by atoms with E-state index in [1.807, 2.05) is 50.2 Å². The molecule has 0 bridgehead atoms. The van der Waals surface area contributed by atoms with Crippen molar-refractivity contribution in [1.82, 2.24) is 19.9 Å². The fourth-order valence-electron chi connectivity index (χ4n) is 3.52. The number of hydrogen-bond donors (Lipinski definition) is 1. The van der Waals surface area contributed by atoms with Gasteiger partial charge in [0.15, 0.2) is 10.9 Å². The zero-order valence-electron chi connectivity index (χ0n) is 16.8. The monoisotopic (exact) mass is 419 g/mol. The van der Waals surface area contributed by atoms with Gasteiger partial charge in [0.1, 0.15) is 0 Å². The van der Waals surface area contributed by atoms with Gasteiger partial charge in [0.2, 0.25) is 11.9 Å². The number of amides is 1. The number of Topliss-reactive ketones (excluding diaryl/α,β-unsaturated/α-hetero) is 1. The van der Waals surface area contributed by atoms with Crippen LogP contribution in [0.25, 0.3) is 0 Å².